The molecule has 0 unspecified atom stereocenters. The molecule has 37 heavy (non-hydrogen) atoms. The van der Waals surface area contributed by atoms with Gasteiger partial charge in [0.15, 0.2) is 12.2 Å². The Kier molecular flexibility index (Phi) is 9.81. The minimum atomic E-state index is -0.627. The molecule has 3 aromatic rings. The second kappa shape index (κ2) is 13.0. The number of hydrogen-bond donors (Lipinski definition) is 3. The van der Waals surface area contributed by atoms with Crippen molar-refractivity contribution in [1.29, 1.82) is 0 Å². The van der Waals surface area contributed by atoms with Crippen LogP contribution in [0.15, 0.2) is 58.5 Å². The molecule has 1 fully saturated rings. The van der Waals surface area contributed by atoms with Gasteiger partial charge in [0.05, 0.1) is 18.5 Å². The highest BCUT2D eigenvalue weighted by atomic mass is 32.1. The predicted molar refractivity (Wildman–Crippen MR) is 143 cm³/mol. The Morgan fingerprint density at radius 2 is 1.92 bits per heavy atom. The fraction of sp³-hybridized carbons (Fsp3) is 0.269. The van der Waals surface area contributed by atoms with Crippen LogP contribution < -0.4 is 16.2 Å². The van der Waals surface area contributed by atoms with Crippen LogP contribution in [0.4, 0.5) is 20.2 Å². The second-order valence-corrected chi connectivity index (χ2v) is 8.72. The van der Waals surface area contributed by atoms with Crippen LogP contribution in [-0.2, 0) is 4.74 Å². The number of guanidine groups is 1. The van der Waals surface area contributed by atoms with E-state index < -0.39 is 11.6 Å². The van der Waals surface area contributed by atoms with Gasteiger partial charge in [0.2, 0.25) is 5.88 Å². The zero-order valence-electron chi connectivity index (χ0n) is 20.5. The van der Waals surface area contributed by atoms with Gasteiger partial charge in [-0.3, -0.25) is 4.79 Å². The van der Waals surface area contributed by atoms with Gasteiger partial charge >= 0.3 is 0 Å². The van der Waals surface area contributed by atoms with Crippen molar-refractivity contribution in [3.8, 4) is 17.0 Å². The molecule has 0 atom stereocenters. The highest BCUT2D eigenvalue weighted by molar-refractivity contribution is 7.80. The van der Waals surface area contributed by atoms with Crippen LogP contribution in [0.25, 0.3) is 11.1 Å². The number of carbonyl (C=O) groups is 1. The van der Waals surface area contributed by atoms with Gasteiger partial charge in [0, 0.05) is 54.6 Å². The molecule has 0 saturated carbocycles. The van der Waals surface area contributed by atoms with Crippen molar-refractivity contribution in [2.75, 3.05) is 33.1 Å². The highest BCUT2D eigenvalue weighted by Gasteiger charge is 2.20. The van der Waals surface area contributed by atoms with Crippen molar-refractivity contribution < 1.29 is 23.0 Å². The topological polar surface area (TPSA) is 116 Å². The average molecular weight is 530 g/mol. The van der Waals surface area contributed by atoms with Gasteiger partial charge in [-0.05, 0) is 48.7 Å². The number of ether oxygens (including phenoxy) is 2. The van der Waals surface area contributed by atoms with E-state index >= 15 is 0 Å². The molecule has 0 radical (unpaired) electrons. The molecule has 0 amide bonds. The number of anilines is 1. The van der Waals surface area contributed by atoms with Crippen molar-refractivity contribution >= 4 is 36.2 Å². The normalized spacial score (nSPS) is 13.9. The van der Waals surface area contributed by atoms with E-state index in [1.165, 1.54) is 13.2 Å². The van der Waals surface area contributed by atoms with E-state index in [4.69, 9.17) is 20.9 Å². The quantitative estimate of drug-likeness (QED) is 0.193. The molecule has 2 aromatic carbocycles. The number of aliphatic imine (C=N–C) groups is 1. The first-order valence-corrected chi connectivity index (χ1v) is 11.9. The third kappa shape index (κ3) is 7.40. The minimum Gasteiger partial charge on any atom is -0.480 e. The molecule has 4 rings (SSSR count). The molecular formula is C26H29F2N5O3S. The number of pyridine rings is 1. The summed E-state index contributed by atoms with van der Waals surface area (Å²) in [6.45, 7) is 1.44. The molecular weight excluding hydrogens is 500 g/mol. The Balaban J connectivity index is 0.000000356. The Morgan fingerprint density at radius 3 is 2.51 bits per heavy atom. The molecule has 0 spiro atoms. The summed E-state index contributed by atoms with van der Waals surface area (Å²) in [6.07, 6.45) is 4.22. The molecule has 2 heterocycles. The summed E-state index contributed by atoms with van der Waals surface area (Å²) in [7, 11) is 3.42. The van der Waals surface area contributed by atoms with E-state index in [1.54, 1.807) is 24.4 Å². The Hall–Kier alpha value is -3.70. The first kappa shape index (κ1) is 27.9. The lowest BCUT2D eigenvalue weighted by molar-refractivity contribution is 0.0603. The predicted octanol–water partition coefficient (Wildman–Crippen LogP) is 4.46. The zero-order valence-corrected chi connectivity index (χ0v) is 21.4. The number of aromatic nitrogens is 1. The molecule has 11 heteroatoms. The maximum atomic E-state index is 12.3. The first-order valence-electron chi connectivity index (χ1n) is 11.4. The van der Waals surface area contributed by atoms with Gasteiger partial charge in [-0.25, -0.2) is 18.8 Å². The third-order valence-electron chi connectivity index (χ3n) is 5.80. The SMILES string of the molecule is COc1ncc(-c2ccc(N=C(N)N(C)C3CCOCC3)c(C=O)c2)cc1N.Fc1ccc(S)c(F)c1. The average Bonchev–Trinajstić information content (AvgIpc) is 2.91. The van der Waals surface area contributed by atoms with Crippen LogP contribution >= 0.6 is 12.6 Å². The van der Waals surface area contributed by atoms with E-state index in [-0.39, 0.29) is 10.9 Å². The molecule has 1 aliphatic rings. The second-order valence-electron chi connectivity index (χ2n) is 8.23. The monoisotopic (exact) mass is 529 g/mol. The highest BCUT2D eigenvalue weighted by Crippen LogP contribution is 2.29. The van der Waals surface area contributed by atoms with Crippen molar-refractivity contribution in [2.24, 2.45) is 10.7 Å². The van der Waals surface area contributed by atoms with Gasteiger partial charge in [0.25, 0.3) is 0 Å². The molecule has 8 nitrogen and oxygen atoms in total. The molecule has 1 aromatic heterocycles. The van der Waals surface area contributed by atoms with Crippen molar-refractivity contribution in [1.82, 2.24) is 9.88 Å². The molecule has 1 aliphatic heterocycles. The van der Waals surface area contributed by atoms with Crippen molar-refractivity contribution in [3.05, 3.63) is 65.9 Å². The van der Waals surface area contributed by atoms with Gasteiger partial charge < -0.3 is 25.8 Å². The molecule has 4 N–H and O–H groups in total. The fourth-order valence-corrected chi connectivity index (χ4v) is 3.81. The maximum absolute atomic E-state index is 12.3. The molecule has 0 bridgehead atoms. The Labute approximate surface area is 219 Å². The molecule has 0 aliphatic carbocycles. The first-order chi connectivity index (χ1) is 17.7. The lowest BCUT2D eigenvalue weighted by atomic mass is 10.0. The number of rotatable bonds is 5. The number of carbonyl (C=O) groups excluding carboxylic acids is 1. The number of nitrogens with zero attached hydrogens (tertiary/aromatic N) is 3. The third-order valence-corrected chi connectivity index (χ3v) is 6.17. The van der Waals surface area contributed by atoms with Gasteiger partial charge in [-0.2, -0.15) is 0 Å². The Bertz CT molecular complexity index is 1270. The van der Waals surface area contributed by atoms with Crippen LogP contribution in [-0.4, -0.2) is 55.5 Å². The smallest absolute Gasteiger partial charge is 0.236 e. The van der Waals surface area contributed by atoms with Gasteiger partial charge in [0.1, 0.15) is 11.6 Å². The zero-order chi connectivity index (χ0) is 26.9. The van der Waals surface area contributed by atoms with Crippen LogP contribution in [0.3, 0.4) is 0 Å². The van der Waals surface area contributed by atoms with Crippen LogP contribution in [0.2, 0.25) is 0 Å². The van der Waals surface area contributed by atoms with E-state index in [2.05, 4.69) is 22.6 Å². The number of hydrogen-bond acceptors (Lipinski definition) is 7. The van der Waals surface area contributed by atoms with Crippen LogP contribution in [0.1, 0.15) is 23.2 Å². The van der Waals surface area contributed by atoms with E-state index in [9.17, 15) is 13.6 Å². The van der Waals surface area contributed by atoms with E-state index in [0.29, 0.717) is 28.8 Å². The summed E-state index contributed by atoms with van der Waals surface area (Å²) < 4.78 is 34.8. The van der Waals surface area contributed by atoms with E-state index in [0.717, 1.165) is 55.6 Å². The standard InChI is InChI=1S/C20H25N5O3.C6H4F2S/c1-25(16-5-7-28-8-6-16)20(22)24-18-4-3-13(9-15(18)12-26)14-10-17(21)19(27-2)23-11-14;7-4-1-2-6(9)5(8)3-4/h3-4,9-12,16H,5-8,21H2,1-2H3,(H2,22,24);1-3,9H. The van der Waals surface area contributed by atoms with Crippen molar-refractivity contribution in [3.63, 3.8) is 0 Å². The molecule has 196 valence electrons. The lowest BCUT2D eigenvalue weighted by Crippen LogP contribution is -2.44. The summed E-state index contributed by atoms with van der Waals surface area (Å²) >= 11 is 3.70. The summed E-state index contributed by atoms with van der Waals surface area (Å²) in [6, 6.07) is 10.6. The Morgan fingerprint density at radius 1 is 1.19 bits per heavy atom. The summed E-state index contributed by atoms with van der Waals surface area (Å²) in [5, 5.41) is 0. The maximum Gasteiger partial charge on any atom is 0.236 e. The number of thiol groups is 1. The number of benzene rings is 2. The summed E-state index contributed by atoms with van der Waals surface area (Å²) in [4.78, 5) is 22.4. The summed E-state index contributed by atoms with van der Waals surface area (Å²) in [5.74, 6) is -0.466. The van der Waals surface area contributed by atoms with Crippen molar-refractivity contribution in [2.45, 2.75) is 23.8 Å². The van der Waals surface area contributed by atoms with Gasteiger partial charge in [-0.15, -0.1) is 12.6 Å². The number of aldehydes is 1. The number of nitrogen functional groups attached to an aromatic ring is 1. The largest absolute Gasteiger partial charge is 0.480 e. The summed E-state index contributed by atoms with van der Waals surface area (Å²) in [5.41, 5.74) is 15.1. The molecule has 1 saturated heterocycles. The van der Waals surface area contributed by atoms with E-state index in [1.807, 2.05) is 18.0 Å². The number of nitrogens with two attached hydrogens (primary N) is 2. The lowest BCUT2D eigenvalue weighted by Gasteiger charge is -2.31. The van der Waals surface area contributed by atoms with Gasteiger partial charge in [-0.1, -0.05) is 6.07 Å². The van der Waals surface area contributed by atoms with Crippen LogP contribution in [0, 0.1) is 11.6 Å². The van der Waals surface area contributed by atoms with Crippen LogP contribution in [0.5, 0.6) is 5.88 Å². The fourth-order valence-electron chi connectivity index (χ4n) is 3.67. The number of halogens is 2. The number of methoxy groups -OCH3 is 1. The minimum absolute atomic E-state index is 0.163.